The molecule has 4 heteroatoms. The van der Waals surface area contributed by atoms with E-state index in [0.717, 1.165) is 32.2 Å². The molecule has 120 valence electrons. The van der Waals surface area contributed by atoms with E-state index in [4.69, 9.17) is 10.5 Å². The lowest BCUT2D eigenvalue weighted by atomic mass is 9.79. The Morgan fingerprint density at radius 2 is 1.91 bits per heavy atom. The molecular formula is C18H26N2O2. The van der Waals surface area contributed by atoms with Gasteiger partial charge in [0.1, 0.15) is 0 Å². The van der Waals surface area contributed by atoms with E-state index in [1.165, 1.54) is 11.1 Å². The number of nitrogens with two attached hydrogens (primary N) is 1. The molecule has 0 bridgehead atoms. The van der Waals surface area contributed by atoms with E-state index in [0.29, 0.717) is 19.8 Å². The van der Waals surface area contributed by atoms with Crippen molar-refractivity contribution in [3.05, 3.63) is 35.4 Å². The van der Waals surface area contributed by atoms with E-state index in [1.54, 1.807) is 0 Å². The van der Waals surface area contributed by atoms with Gasteiger partial charge in [0.05, 0.1) is 5.41 Å². The minimum Gasteiger partial charge on any atom is -0.381 e. The number of ether oxygens (including phenoxy) is 1. The topological polar surface area (TPSA) is 64.4 Å². The number of aryl methyl sites for hydroxylation is 1. The average Bonchev–Trinajstić information content (AvgIpc) is 3.34. The summed E-state index contributed by atoms with van der Waals surface area (Å²) in [6.07, 6.45) is 3.76. The van der Waals surface area contributed by atoms with Gasteiger partial charge < -0.3 is 15.8 Å². The average molecular weight is 302 g/mol. The van der Waals surface area contributed by atoms with Crippen LogP contribution >= 0.6 is 0 Å². The van der Waals surface area contributed by atoms with Gasteiger partial charge in [-0.1, -0.05) is 24.3 Å². The molecule has 0 radical (unpaired) electrons. The predicted molar refractivity (Wildman–Crippen MR) is 86.6 cm³/mol. The molecule has 1 saturated carbocycles. The third-order valence-corrected chi connectivity index (χ3v) is 5.48. The maximum absolute atomic E-state index is 12.7. The van der Waals surface area contributed by atoms with Gasteiger partial charge in [0.25, 0.3) is 0 Å². The van der Waals surface area contributed by atoms with Crippen molar-refractivity contribution in [3.8, 4) is 0 Å². The Kier molecular flexibility index (Phi) is 4.24. The van der Waals surface area contributed by atoms with Crippen LogP contribution in [-0.4, -0.2) is 32.2 Å². The lowest BCUT2D eigenvalue weighted by Gasteiger charge is -2.35. The van der Waals surface area contributed by atoms with Gasteiger partial charge in [0.15, 0.2) is 0 Å². The van der Waals surface area contributed by atoms with Crippen molar-refractivity contribution in [3.63, 3.8) is 0 Å². The summed E-state index contributed by atoms with van der Waals surface area (Å²) in [5.74, 6) is 0.109. The van der Waals surface area contributed by atoms with Crippen molar-refractivity contribution in [1.29, 1.82) is 0 Å². The van der Waals surface area contributed by atoms with Gasteiger partial charge in [0, 0.05) is 31.7 Å². The number of amides is 1. The SMILES string of the molecule is Cc1ccccc1C1(CNC(=O)C2(CN)CCOCC2)CC1. The van der Waals surface area contributed by atoms with Crippen molar-refractivity contribution in [1.82, 2.24) is 5.32 Å². The zero-order chi connectivity index (χ0) is 15.6. The molecule has 3 rings (SSSR count). The second-order valence-corrected chi connectivity index (χ2v) is 6.87. The molecule has 4 nitrogen and oxygen atoms in total. The summed E-state index contributed by atoms with van der Waals surface area (Å²) in [5, 5.41) is 3.20. The number of nitrogens with one attached hydrogen (secondary N) is 1. The van der Waals surface area contributed by atoms with Crippen LogP contribution < -0.4 is 11.1 Å². The van der Waals surface area contributed by atoms with Crippen LogP contribution in [0, 0.1) is 12.3 Å². The number of carbonyl (C=O) groups is 1. The molecule has 0 spiro atoms. The monoisotopic (exact) mass is 302 g/mol. The maximum Gasteiger partial charge on any atom is 0.227 e. The highest BCUT2D eigenvalue weighted by molar-refractivity contribution is 5.83. The number of hydrogen-bond donors (Lipinski definition) is 2. The number of benzene rings is 1. The van der Waals surface area contributed by atoms with Crippen molar-refractivity contribution in [2.75, 3.05) is 26.3 Å². The first kappa shape index (κ1) is 15.5. The summed E-state index contributed by atoms with van der Waals surface area (Å²) in [6.45, 7) is 4.54. The Morgan fingerprint density at radius 1 is 1.23 bits per heavy atom. The van der Waals surface area contributed by atoms with E-state index < -0.39 is 5.41 Å². The fourth-order valence-electron chi connectivity index (χ4n) is 3.58. The Labute approximate surface area is 132 Å². The van der Waals surface area contributed by atoms with Crippen molar-refractivity contribution in [2.24, 2.45) is 11.1 Å². The highest BCUT2D eigenvalue weighted by atomic mass is 16.5. The van der Waals surface area contributed by atoms with E-state index in [2.05, 4.69) is 36.5 Å². The van der Waals surface area contributed by atoms with Gasteiger partial charge in [-0.05, 0) is 43.7 Å². The van der Waals surface area contributed by atoms with Crippen molar-refractivity contribution < 1.29 is 9.53 Å². The maximum atomic E-state index is 12.7. The highest BCUT2D eigenvalue weighted by Crippen LogP contribution is 2.48. The Bertz CT molecular complexity index is 546. The third kappa shape index (κ3) is 2.77. The lowest BCUT2D eigenvalue weighted by molar-refractivity contribution is -0.136. The minimum atomic E-state index is -0.430. The van der Waals surface area contributed by atoms with Crippen molar-refractivity contribution >= 4 is 5.91 Å². The molecule has 3 N–H and O–H groups in total. The van der Waals surface area contributed by atoms with E-state index in [-0.39, 0.29) is 11.3 Å². The Morgan fingerprint density at radius 3 is 2.50 bits per heavy atom. The van der Waals surface area contributed by atoms with E-state index in [9.17, 15) is 4.79 Å². The summed E-state index contributed by atoms with van der Waals surface area (Å²) in [5.41, 5.74) is 8.32. The molecule has 1 heterocycles. The van der Waals surface area contributed by atoms with Crippen LogP contribution in [0.25, 0.3) is 0 Å². The third-order valence-electron chi connectivity index (χ3n) is 5.48. The number of hydrogen-bond acceptors (Lipinski definition) is 3. The first-order chi connectivity index (χ1) is 10.6. The molecule has 2 fully saturated rings. The second-order valence-electron chi connectivity index (χ2n) is 6.87. The normalized spacial score (nSPS) is 22.1. The fraction of sp³-hybridized carbons (Fsp3) is 0.611. The number of rotatable bonds is 5. The van der Waals surface area contributed by atoms with Gasteiger partial charge in [-0.3, -0.25) is 4.79 Å². The molecule has 1 amide bonds. The molecule has 1 aromatic rings. The van der Waals surface area contributed by atoms with Crippen LogP contribution in [0.2, 0.25) is 0 Å². The summed E-state index contributed by atoms with van der Waals surface area (Å²) < 4.78 is 5.38. The molecule has 1 aromatic carbocycles. The molecule has 2 aliphatic rings. The first-order valence-corrected chi connectivity index (χ1v) is 8.24. The van der Waals surface area contributed by atoms with Gasteiger partial charge in [-0.15, -0.1) is 0 Å². The van der Waals surface area contributed by atoms with Crippen LogP contribution in [0.3, 0.4) is 0 Å². The molecule has 1 aliphatic heterocycles. The van der Waals surface area contributed by atoms with Crippen LogP contribution in [0.5, 0.6) is 0 Å². The van der Waals surface area contributed by atoms with Crippen LogP contribution in [0.15, 0.2) is 24.3 Å². The highest BCUT2D eigenvalue weighted by Gasteiger charge is 2.46. The summed E-state index contributed by atoms with van der Waals surface area (Å²) in [7, 11) is 0. The van der Waals surface area contributed by atoms with Crippen LogP contribution in [0.4, 0.5) is 0 Å². The quantitative estimate of drug-likeness (QED) is 0.873. The molecular weight excluding hydrogens is 276 g/mol. The fourth-order valence-corrected chi connectivity index (χ4v) is 3.58. The lowest BCUT2D eigenvalue weighted by Crippen LogP contribution is -2.50. The van der Waals surface area contributed by atoms with Gasteiger partial charge in [-0.2, -0.15) is 0 Å². The predicted octanol–water partition coefficient (Wildman–Crippen LogP) is 1.90. The molecule has 22 heavy (non-hydrogen) atoms. The van der Waals surface area contributed by atoms with Crippen molar-refractivity contribution in [2.45, 2.75) is 38.0 Å². The molecule has 0 unspecified atom stereocenters. The Balaban J connectivity index is 1.67. The zero-order valence-electron chi connectivity index (χ0n) is 13.4. The first-order valence-electron chi connectivity index (χ1n) is 8.24. The standard InChI is InChI=1S/C18H26N2O2/c1-14-4-2-3-5-15(14)18(6-7-18)13-20-16(21)17(12-19)8-10-22-11-9-17/h2-5H,6-13,19H2,1H3,(H,20,21). The van der Waals surface area contributed by atoms with Crippen LogP contribution in [0.1, 0.15) is 36.8 Å². The van der Waals surface area contributed by atoms with E-state index >= 15 is 0 Å². The van der Waals surface area contributed by atoms with E-state index in [1.807, 2.05) is 0 Å². The zero-order valence-corrected chi connectivity index (χ0v) is 13.4. The molecule has 1 aliphatic carbocycles. The van der Waals surface area contributed by atoms with Gasteiger partial charge in [-0.25, -0.2) is 0 Å². The van der Waals surface area contributed by atoms with Crippen LogP contribution in [-0.2, 0) is 14.9 Å². The summed E-state index contributed by atoms with van der Waals surface area (Å²) in [6, 6.07) is 8.50. The smallest absolute Gasteiger partial charge is 0.227 e. The number of carbonyl (C=O) groups excluding carboxylic acids is 1. The molecule has 0 aromatic heterocycles. The summed E-state index contributed by atoms with van der Waals surface area (Å²) in [4.78, 5) is 12.7. The largest absolute Gasteiger partial charge is 0.381 e. The van der Waals surface area contributed by atoms with Gasteiger partial charge >= 0.3 is 0 Å². The second kappa shape index (κ2) is 6.01. The Hall–Kier alpha value is -1.39. The molecule has 0 atom stereocenters. The van der Waals surface area contributed by atoms with Gasteiger partial charge in [0.2, 0.25) is 5.91 Å². The molecule has 1 saturated heterocycles. The minimum absolute atomic E-state index is 0.109. The summed E-state index contributed by atoms with van der Waals surface area (Å²) >= 11 is 0.